The van der Waals surface area contributed by atoms with Gasteiger partial charge in [-0.1, -0.05) is 55.0 Å². The van der Waals surface area contributed by atoms with Crippen molar-refractivity contribution in [1.82, 2.24) is 14.5 Å². The first-order valence-corrected chi connectivity index (χ1v) is 12.8. The molecule has 1 N–H and O–H groups in total. The number of para-hydroxylation sites is 1. The third kappa shape index (κ3) is 7.04. The Bertz CT molecular complexity index is 1060. The maximum Gasteiger partial charge on any atom is 0.304 e. The second kappa shape index (κ2) is 12.0. The Balaban J connectivity index is 2.41. The van der Waals surface area contributed by atoms with Gasteiger partial charge in [0.25, 0.3) is 0 Å². The normalized spacial score (nSPS) is 13.3. The van der Waals surface area contributed by atoms with E-state index in [0.717, 1.165) is 26.2 Å². The zero-order valence-electron chi connectivity index (χ0n) is 20.9. The van der Waals surface area contributed by atoms with E-state index in [1.165, 1.54) is 19.0 Å². The molecule has 0 bridgehead atoms. The Morgan fingerprint density at radius 2 is 1.56 bits per heavy atom. The molecule has 2 aromatic carbocycles. The Kier molecular flexibility index (Phi) is 9.64. The summed E-state index contributed by atoms with van der Waals surface area (Å²) < 4.78 is 28.3. The number of anilines is 1. The molecule has 0 saturated carbocycles. The monoisotopic (exact) mass is 488 g/mol. The maximum atomic E-state index is 13.6. The van der Waals surface area contributed by atoms with Crippen LogP contribution in [-0.4, -0.2) is 62.2 Å². The second-order valence-electron chi connectivity index (χ2n) is 8.63. The van der Waals surface area contributed by atoms with E-state index in [1.807, 2.05) is 45.0 Å². The molecule has 0 spiro atoms. The van der Waals surface area contributed by atoms with Gasteiger partial charge < -0.3 is 10.2 Å². The molecule has 2 rings (SSSR count). The zero-order chi connectivity index (χ0) is 25.5. The number of benzene rings is 2. The van der Waals surface area contributed by atoms with Crippen molar-refractivity contribution in [2.75, 3.05) is 24.9 Å². The van der Waals surface area contributed by atoms with Crippen LogP contribution in [0.4, 0.5) is 5.69 Å². The van der Waals surface area contributed by atoms with Gasteiger partial charge in [-0.3, -0.25) is 9.59 Å². The lowest BCUT2D eigenvalue weighted by atomic mass is 10.1. The SMILES string of the molecule is CC[C@H](C)NC(=O)[C@H](C)N(Cc1ccc(C)cc1)C(=O)CN(c1ccccc1)S(=O)(=O)N(C)C. The molecule has 186 valence electrons. The number of carbonyl (C=O) groups is 2. The Labute approximate surface area is 203 Å². The summed E-state index contributed by atoms with van der Waals surface area (Å²) in [6, 6.07) is 15.3. The molecular formula is C25H36N4O4S. The van der Waals surface area contributed by atoms with E-state index in [-0.39, 0.29) is 18.5 Å². The van der Waals surface area contributed by atoms with Crippen LogP contribution in [0.5, 0.6) is 0 Å². The Hall–Kier alpha value is -2.91. The van der Waals surface area contributed by atoms with Crippen LogP contribution in [0, 0.1) is 6.92 Å². The third-order valence-corrected chi connectivity index (χ3v) is 7.52. The van der Waals surface area contributed by atoms with Crippen molar-refractivity contribution in [2.24, 2.45) is 0 Å². The van der Waals surface area contributed by atoms with E-state index in [0.29, 0.717) is 5.69 Å². The highest BCUT2D eigenvalue weighted by atomic mass is 32.2. The smallest absolute Gasteiger partial charge is 0.304 e. The van der Waals surface area contributed by atoms with Gasteiger partial charge in [0.2, 0.25) is 11.8 Å². The van der Waals surface area contributed by atoms with Crippen LogP contribution < -0.4 is 9.62 Å². The molecule has 2 amide bonds. The van der Waals surface area contributed by atoms with Crippen LogP contribution in [0.15, 0.2) is 54.6 Å². The maximum absolute atomic E-state index is 13.6. The second-order valence-corrected chi connectivity index (χ2v) is 10.7. The summed E-state index contributed by atoms with van der Waals surface area (Å²) in [4.78, 5) is 27.9. The summed E-state index contributed by atoms with van der Waals surface area (Å²) in [5, 5.41) is 2.92. The van der Waals surface area contributed by atoms with Crippen molar-refractivity contribution < 1.29 is 18.0 Å². The van der Waals surface area contributed by atoms with Crippen molar-refractivity contribution in [3.05, 3.63) is 65.7 Å². The molecule has 0 fully saturated rings. The lowest BCUT2D eigenvalue weighted by Gasteiger charge is -2.33. The summed E-state index contributed by atoms with van der Waals surface area (Å²) in [6.45, 7) is 7.25. The minimum Gasteiger partial charge on any atom is -0.352 e. The molecule has 2 atom stereocenters. The summed E-state index contributed by atoms with van der Waals surface area (Å²) >= 11 is 0. The Morgan fingerprint density at radius 1 is 0.971 bits per heavy atom. The van der Waals surface area contributed by atoms with Crippen molar-refractivity contribution in [2.45, 2.75) is 52.7 Å². The van der Waals surface area contributed by atoms with Crippen LogP contribution in [0.2, 0.25) is 0 Å². The number of aryl methyl sites for hydroxylation is 1. The molecule has 0 unspecified atom stereocenters. The third-order valence-electron chi connectivity index (χ3n) is 5.70. The first kappa shape index (κ1) is 27.3. The van der Waals surface area contributed by atoms with Crippen molar-refractivity contribution in [3.8, 4) is 0 Å². The highest BCUT2D eigenvalue weighted by molar-refractivity contribution is 7.90. The number of nitrogens with one attached hydrogen (secondary N) is 1. The highest BCUT2D eigenvalue weighted by Gasteiger charge is 2.32. The number of hydrogen-bond acceptors (Lipinski definition) is 4. The molecule has 8 nitrogen and oxygen atoms in total. The number of amides is 2. The lowest BCUT2D eigenvalue weighted by molar-refractivity contribution is -0.139. The van der Waals surface area contributed by atoms with Gasteiger partial charge in [-0.25, -0.2) is 4.31 Å². The topological polar surface area (TPSA) is 90.0 Å². The van der Waals surface area contributed by atoms with E-state index < -0.39 is 28.7 Å². The summed E-state index contributed by atoms with van der Waals surface area (Å²) in [6.07, 6.45) is 0.757. The van der Waals surface area contributed by atoms with Gasteiger partial charge in [-0.05, 0) is 44.9 Å². The molecule has 34 heavy (non-hydrogen) atoms. The fraction of sp³-hybridized carbons (Fsp3) is 0.440. The minimum atomic E-state index is -3.95. The molecule has 0 radical (unpaired) electrons. The van der Waals surface area contributed by atoms with Crippen LogP contribution in [0.1, 0.15) is 38.3 Å². The first-order valence-electron chi connectivity index (χ1n) is 11.4. The number of rotatable bonds is 11. The van der Waals surface area contributed by atoms with Gasteiger partial charge in [0.15, 0.2) is 0 Å². The Morgan fingerprint density at radius 3 is 2.09 bits per heavy atom. The summed E-state index contributed by atoms with van der Waals surface area (Å²) in [5.74, 6) is -0.752. The van der Waals surface area contributed by atoms with Gasteiger partial charge in [0.1, 0.15) is 12.6 Å². The number of hydrogen-bond donors (Lipinski definition) is 1. The van der Waals surface area contributed by atoms with Gasteiger partial charge in [-0.2, -0.15) is 12.7 Å². The van der Waals surface area contributed by atoms with Gasteiger partial charge in [0.05, 0.1) is 5.69 Å². The van der Waals surface area contributed by atoms with Gasteiger partial charge >= 0.3 is 10.2 Å². The standard InChI is InChI=1S/C25H36N4O4S/c1-7-20(3)26-25(31)21(4)28(17-22-15-13-19(2)14-16-22)24(30)18-29(34(32,33)27(5)6)23-11-9-8-10-12-23/h8-16,20-21H,7,17-18H2,1-6H3,(H,26,31)/t20-,21-/m0/s1. The molecule has 0 saturated heterocycles. The van der Waals surface area contributed by atoms with Crippen LogP contribution >= 0.6 is 0 Å². The quantitative estimate of drug-likeness (QED) is 0.527. The lowest BCUT2D eigenvalue weighted by Crippen LogP contribution is -2.53. The summed E-state index contributed by atoms with van der Waals surface area (Å²) in [7, 11) is -1.11. The molecule has 0 aromatic heterocycles. The largest absolute Gasteiger partial charge is 0.352 e. The van der Waals surface area contributed by atoms with E-state index in [2.05, 4.69) is 5.32 Å². The molecule has 0 heterocycles. The zero-order valence-corrected chi connectivity index (χ0v) is 21.7. The van der Waals surface area contributed by atoms with Crippen LogP contribution in [0.25, 0.3) is 0 Å². The highest BCUT2D eigenvalue weighted by Crippen LogP contribution is 2.20. The van der Waals surface area contributed by atoms with Crippen molar-refractivity contribution in [1.29, 1.82) is 0 Å². The van der Waals surface area contributed by atoms with Crippen LogP contribution in [0.3, 0.4) is 0 Å². The van der Waals surface area contributed by atoms with Crippen molar-refractivity contribution >= 4 is 27.7 Å². The van der Waals surface area contributed by atoms with Gasteiger partial charge in [-0.15, -0.1) is 0 Å². The predicted octanol–water partition coefficient (Wildman–Crippen LogP) is 2.94. The average molecular weight is 489 g/mol. The molecule has 9 heteroatoms. The molecular weight excluding hydrogens is 452 g/mol. The first-order chi connectivity index (χ1) is 16.0. The number of carbonyl (C=O) groups excluding carboxylic acids is 2. The van der Waals surface area contributed by atoms with Crippen LogP contribution in [-0.2, 0) is 26.3 Å². The molecule has 0 aliphatic carbocycles. The van der Waals surface area contributed by atoms with E-state index in [1.54, 1.807) is 37.3 Å². The average Bonchev–Trinajstić information content (AvgIpc) is 2.81. The molecule has 0 aliphatic rings. The van der Waals surface area contributed by atoms with E-state index >= 15 is 0 Å². The number of nitrogens with zero attached hydrogens (tertiary/aromatic N) is 3. The minimum absolute atomic E-state index is 0.0405. The molecule has 0 aliphatic heterocycles. The fourth-order valence-electron chi connectivity index (χ4n) is 3.25. The van der Waals surface area contributed by atoms with E-state index in [4.69, 9.17) is 0 Å². The van der Waals surface area contributed by atoms with Crippen molar-refractivity contribution in [3.63, 3.8) is 0 Å². The molecule has 2 aromatic rings. The fourth-order valence-corrected chi connectivity index (χ4v) is 4.31. The predicted molar refractivity (Wildman–Crippen MR) is 135 cm³/mol. The van der Waals surface area contributed by atoms with E-state index in [9.17, 15) is 18.0 Å². The summed E-state index contributed by atoms with van der Waals surface area (Å²) in [5.41, 5.74) is 2.30. The van der Waals surface area contributed by atoms with Gasteiger partial charge in [0, 0.05) is 26.7 Å².